The number of anilines is 1. The first kappa shape index (κ1) is 21.4. The highest BCUT2D eigenvalue weighted by Crippen LogP contribution is 2.39. The number of carbonyl (C=O) groups is 2. The number of fused-ring (bicyclic) bond motifs is 1. The van der Waals surface area contributed by atoms with Crippen LogP contribution in [0.4, 0.5) is 5.00 Å². The summed E-state index contributed by atoms with van der Waals surface area (Å²) < 4.78 is 11.0. The van der Waals surface area contributed by atoms with E-state index in [2.05, 4.69) is 12.2 Å². The van der Waals surface area contributed by atoms with Crippen LogP contribution < -0.4 is 10.1 Å². The van der Waals surface area contributed by atoms with Gasteiger partial charge in [-0.1, -0.05) is 26.2 Å². The zero-order valence-corrected chi connectivity index (χ0v) is 18.0. The largest absolute Gasteiger partial charge is 0.494 e. The molecule has 1 N–H and O–H groups in total. The lowest BCUT2D eigenvalue weighted by Gasteiger charge is -2.09. The lowest BCUT2D eigenvalue weighted by atomic mass is 10.1. The number of esters is 1. The van der Waals surface area contributed by atoms with Crippen LogP contribution in [-0.4, -0.2) is 25.1 Å². The summed E-state index contributed by atoms with van der Waals surface area (Å²) in [6.45, 7) is 4.98. The van der Waals surface area contributed by atoms with E-state index >= 15 is 0 Å². The first-order valence-electron chi connectivity index (χ1n) is 10.5. The van der Waals surface area contributed by atoms with E-state index in [4.69, 9.17) is 9.47 Å². The van der Waals surface area contributed by atoms with Crippen molar-refractivity contribution in [3.05, 3.63) is 45.8 Å². The zero-order chi connectivity index (χ0) is 20.6. The van der Waals surface area contributed by atoms with Crippen molar-refractivity contribution in [3.8, 4) is 5.75 Å². The highest BCUT2D eigenvalue weighted by atomic mass is 32.1. The molecule has 6 heteroatoms. The number of aryl methyl sites for hydroxylation is 1. The van der Waals surface area contributed by atoms with E-state index in [1.54, 1.807) is 19.1 Å². The monoisotopic (exact) mass is 415 g/mol. The molecule has 0 saturated heterocycles. The lowest BCUT2D eigenvalue weighted by Crippen LogP contribution is -2.15. The second-order valence-corrected chi connectivity index (χ2v) is 8.27. The molecule has 1 aliphatic carbocycles. The van der Waals surface area contributed by atoms with Crippen LogP contribution in [0.2, 0.25) is 0 Å². The molecule has 1 aliphatic rings. The van der Waals surface area contributed by atoms with Gasteiger partial charge in [0.05, 0.1) is 18.8 Å². The van der Waals surface area contributed by atoms with Crippen LogP contribution in [0.1, 0.15) is 77.1 Å². The van der Waals surface area contributed by atoms with Gasteiger partial charge in [0.2, 0.25) is 0 Å². The van der Waals surface area contributed by atoms with E-state index in [0.717, 1.165) is 37.0 Å². The number of rotatable bonds is 10. The normalized spacial score (nSPS) is 12.5. The summed E-state index contributed by atoms with van der Waals surface area (Å²) in [7, 11) is 0. The Hall–Kier alpha value is -2.34. The number of unbranched alkanes of at least 4 members (excludes halogenated alkanes) is 3. The Morgan fingerprint density at radius 1 is 1.07 bits per heavy atom. The molecular weight excluding hydrogens is 386 g/mol. The van der Waals surface area contributed by atoms with E-state index in [1.807, 2.05) is 12.1 Å². The zero-order valence-electron chi connectivity index (χ0n) is 17.2. The molecule has 3 rings (SSSR count). The number of benzene rings is 1. The van der Waals surface area contributed by atoms with Gasteiger partial charge in [-0.25, -0.2) is 4.79 Å². The van der Waals surface area contributed by atoms with Crippen molar-refractivity contribution in [1.29, 1.82) is 0 Å². The molecule has 0 radical (unpaired) electrons. The molecule has 0 aliphatic heterocycles. The van der Waals surface area contributed by atoms with Gasteiger partial charge in [-0.15, -0.1) is 11.3 Å². The van der Waals surface area contributed by atoms with Gasteiger partial charge in [0, 0.05) is 10.4 Å². The van der Waals surface area contributed by atoms with Crippen LogP contribution in [0.3, 0.4) is 0 Å². The molecule has 0 unspecified atom stereocenters. The van der Waals surface area contributed by atoms with Crippen molar-refractivity contribution in [2.24, 2.45) is 0 Å². The van der Waals surface area contributed by atoms with Crippen molar-refractivity contribution in [2.45, 2.75) is 58.8 Å². The van der Waals surface area contributed by atoms with Crippen molar-refractivity contribution < 1.29 is 19.1 Å². The van der Waals surface area contributed by atoms with Crippen molar-refractivity contribution in [2.75, 3.05) is 18.5 Å². The fourth-order valence-corrected chi connectivity index (χ4v) is 4.78. The summed E-state index contributed by atoms with van der Waals surface area (Å²) in [5.74, 6) is 0.180. The quantitative estimate of drug-likeness (QED) is 0.404. The Labute approximate surface area is 176 Å². The Balaban J connectivity index is 1.64. The maximum absolute atomic E-state index is 12.7. The van der Waals surface area contributed by atoms with Gasteiger partial charge in [-0.05, 0) is 62.4 Å². The Bertz CT molecular complexity index is 841. The second kappa shape index (κ2) is 10.4. The lowest BCUT2D eigenvalue weighted by molar-refractivity contribution is 0.0527. The van der Waals surface area contributed by atoms with E-state index in [9.17, 15) is 9.59 Å². The molecule has 0 atom stereocenters. The minimum Gasteiger partial charge on any atom is -0.494 e. The molecule has 0 spiro atoms. The van der Waals surface area contributed by atoms with E-state index in [-0.39, 0.29) is 11.9 Å². The molecule has 1 amide bonds. The molecule has 1 aromatic carbocycles. The average molecular weight is 416 g/mol. The van der Waals surface area contributed by atoms with Gasteiger partial charge in [0.25, 0.3) is 5.91 Å². The highest BCUT2D eigenvalue weighted by molar-refractivity contribution is 7.17. The van der Waals surface area contributed by atoms with Gasteiger partial charge >= 0.3 is 5.97 Å². The summed E-state index contributed by atoms with van der Waals surface area (Å²) in [5.41, 5.74) is 2.10. The van der Waals surface area contributed by atoms with E-state index in [0.29, 0.717) is 29.3 Å². The Morgan fingerprint density at radius 2 is 1.86 bits per heavy atom. The van der Waals surface area contributed by atoms with Crippen molar-refractivity contribution in [3.63, 3.8) is 0 Å². The van der Waals surface area contributed by atoms with Crippen molar-refractivity contribution in [1.82, 2.24) is 0 Å². The molecule has 1 aromatic heterocycles. The summed E-state index contributed by atoms with van der Waals surface area (Å²) in [6, 6.07) is 7.13. The van der Waals surface area contributed by atoms with Crippen LogP contribution in [-0.2, 0) is 17.6 Å². The first-order chi connectivity index (χ1) is 14.1. The SMILES string of the molecule is CCCCCCOc1ccc(C(=O)Nc2sc3c(c2C(=O)OCC)CCC3)cc1. The fourth-order valence-electron chi connectivity index (χ4n) is 3.51. The smallest absolute Gasteiger partial charge is 0.341 e. The number of thiophene rings is 1. The van der Waals surface area contributed by atoms with Gasteiger partial charge in [0.15, 0.2) is 0 Å². The molecule has 5 nitrogen and oxygen atoms in total. The molecule has 156 valence electrons. The molecular formula is C23H29NO4S. The number of nitrogens with one attached hydrogen (secondary N) is 1. The number of hydrogen-bond donors (Lipinski definition) is 1. The van der Waals surface area contributed by atoms with Gasteiger partial charge in [-0.3, -0.25) is 4.79 Å². The first-order valence-corrected chi connectivity index (χ1v) is 11.3. The second-order valence-electron chi connectivity index (χ2n) is 7.17. The summed E-state index contributed by atoms with van der Waals surface area (Å²) >= 11 is 1.49. The third-order valence-corrected chi connectivity index (χ3v) is 6.22. The average Bonchev–Trinajstić information content (AvgIpc) is 3.29. The standard InChI is InChI=1S/C23H29NO4S/c1-3-5-6-7-15-28-17-13-11-16(12-14-17)21(25)24-22-20(23(26)27-4-2)18-9-8-10-19(18)29-22/h11-14H,3-10,15H2,1-2H3,(H,24,25). The summed E-state index contributed by atoms with van der Waals surface area (Å²) in [4.78, 5) is 26.3. The third kappa shape index (κ3) is 5.38. The summed E-state index contributed by atoms with van der Waals surface area (Å²) in [6.07, 6.45) is 7.49. The predicted octanol–water partition coefficient (Wildman–Crippen LogP) is 5.62. The van der Waals surface area contributed by atoms with Gasteiger partial charge in [0.1, 0.15) is 10.8 Å². The summed E-state index contributed by atoms with van der Waals surface area (Å²) in [5, 5.41) is 3.51. The molecule has 0 bridgehead atoms. The van der Waals surface area contributed by atoms with Crippen LogP contribution in [0.15, 0.2) is 24.3 Å². The van der Waals surface area contributed by atoms with E-state index < -0.39 is 0 Å². The predicted molar refractivity (Wildman–Crippen MR) is 116 cm³/mol. The number of amides is 1. The molecule has 2 aromatic rings. The highest BCUT2D eigenvalue weighted by Gasteiger charge is 2.28. The third-order valence-electron chi connectivity index (χ3n) is 5.01. The number of carbonyl (C=O) groups excluding carboxylic acids is 2. The van der Waals surface area contributed by atoms with E-state index in [1.165, 1.54) is 35.5 Å². The topological polar surface area (TPSA) is 64.6 Å². The molecule has 0 fully saturated rings. The number of ether oxygens (including phenoxy) is 2. The molecule has 1 heterocycles. The number of hydrogen-bond acceptors (Lipinski definition) is 5. The van der Waals surface area contributed by atoms with Gasteiger partial charge in [-0.2, -0.15) is 0 Å². The van der Waals surface area contributed by atoms with Crippen molar-refractivity contribution >= 4 is 28.2 Å². The maximum Gasteiger partial charge on any atom is 0.341 e. The van der Waals surface area contributed by atoms with Crippen LogP contribution >= 0.6 is 11.3 Å². The Morgan fingerprint density at radius 3 is 2.59 bits per heavy atom. The van der Waals surface area contributed by atoms with Crippen LogP contribution in [0, 0.1) is 0 Å². The molecule has 29 heavy (non-hydrogen) atoms. The van der Waals surface area contributed by atoms with Crippen LogP contribution in [0.5, 0.6) is 5.75 Å². The fraction of sp³-hybridized carbons (Fsp3) is 0.478. The van der Waals surface area contributed by atoms with Gasteiger partial charge < -0.3 is 14.8 Å². The maximum atomic E-state index is 12.7. The Kier molecular flexibility index (Phi) is 7.69. The minimum absolute atomic E-state index is 0.232. The minimum atomic E-state index is -0.353. The molecule has 0 saturated carbocycles. The van der Waals surface area contributed by atoms with Crippen LogP contribution in [0.25, 0.3) is 0 Å².